The lowest BCUT2D eigenvalue weighted by molar-refractivity contribution is 0.286. The molecule has 0 atom stereocenters. The van der Waals surface area contributed by atoms with E-state index in [-0.39, 0.29) is 0 Å². The van der Waals surface area contributed by atoms with Gasteiger partial charge in [0.2, 0.25) is 5.89 Å². The molecule has 8 heteroatoms. The second kappa shape index (κ2) is 5.07. The van der Waals surface area contributed by atoms with Gasteiger partial charge in [-0.2, -0.15) is 8.42 Å². The fraction of sp³-hybridized carbons (Fsp3) is 0.125. The van der Waals surface area contributed by atoms with Crippen LogP contribution in [0.1, 0.15) is 5.82 Å². The number of hydrogen-bond donors (Lipinski definition) is 0. The van der Waals surface area contributed by atoms with E-state index >= 15 is 0 Å². The van der Waals surface area contributed by atoms with Crippen LogP contribution in [-0.4, -0.2) is 29.4 Å². The van der Waals surface area contributed by atoms with Crippen LogP contribution in [0.25, 0.3) is 33.6 Å². The Balaban J connectivity index is 1.84. The molecule has 0 aliphatic rings. The average molecular weight is 343 g/mol. The fourth-order valence-electron chi connectivity index (χ4n) is 2.54. The second-order valence-electron chi connectivity index (χ2n) is 5.42. The highest BCUT2D eigenvalue weighted by Gasteiger charge is 2.15. The molecule has 4 rings (SSSR count). The molecule has 7 nitrogen and oxygen atoms in total. The van der Waals surface area contributed by atoms with Crippen molar-refractivity contribution in [3.05, 3.63) is 48.3 Å². The van der Waals surface area contributed by atoms with Crippen molar-refractivity contribution in [2.45, 2.75) is 6.92 Å². The Hall–Kier alpha value is -2.87. The highest BCUT2D eigenvalue weighted by atomic mass is 32.2. The molecule has 0 radical (unpaired) electrons. The Labute approximate surface area is 137 Å². The van der Waals surface area contributed by atoms with Gasteiger partial charge in [-0.25, -0.2) is 9.97 Å². The second-order valence-corrected chi connectivity index (χ2v) is 6.98. The first-order valence-corrected chi connectivity index (χ1v) is 8.97. The molecule has 122 valence electrons. The summed E-state index contributed by atoms with van der Waals surface area (Å²) in [6.07, 6.45) is 0.991. The van der Waals surface area contributed by atoms with Crippen molar-refractivity contribution in [3.8, 4) is 11.5 Å². The van der Waals surface area contributed by atoms with E-state index in [1.807, 2.05) is 24.3 Å². The van der Waals surface area contributed by atoms with Crippen molar-refractivity contribution >= 4 is 32.3 Å². The molecule has 2 heterocycles. The molecule has 0 saturated carbocycles. The SMILES string of the molecule is Cc1nc2cc(-c3nc4ccccc4o3)ccc2n1OS(C)(=O)=O. The van der Waals surface area contributed by atoms with Gasteiger partial charge < -0.3 is 4.42 Å². The van der Waals surface area contributed by atoms with E-state index in [4.69, 9.17) is 8.70 Å². The minimum absolute atomic E-state index is 0.435. The van der Waals surface area contributed by atoms with Gasteiger partial charge in [-0.3, -0.25) is 4.28 Å². The Morgan fingerprint density at radius 1 is 1.08 bits per heavy atom. The number of oxazole rings is 1. The van der Waals surface area contributed by atoms with Crippen molar-refractivity contribution in [1.29, 1.82) is 0 Å². The van der Waals surface area contributed by atoms with Gasteiger partial charge in [0.15, 0.2) is 5.58 Å². The number of aromatic nitrogens is 3. The number of aryl methyl sites for hydroxylation is 1. The number of fused-ring (bicyclic) bond motifs is 2. The van der Waals surface area contributed by atoms with Crippen LogP contribution in [0.3, 0.4) is 0 Å². The maximum absolute atomic E-state index is 11.4. The van der Waals surface area contributed by atoms with Crippen molar-refractivity contribution in [3.63, 3.8) is 0 Å². The predicted octanol–water partition coefficient (Wildman–Crippen LogP) is 2.54. The fourth-order valence-corrected chi connectivity index (χ4v) is 3.00. The molecule has 0 bridgehead atoms. The Bertz CT molecular complexity index is 1140. The highest BCUT2D eigenvalue weighted by Crippen LogP contribution is 2.27. The van der Waals surface area contributed by atoms with Crippen LogP contribution in [0.5, 0.6) is 0 Å². The standard InChI is InChI=1S/C16H13N3O4S/c1-10-17-13-9-11(7-8-14(13)19(10)23-24(2,20)21)16-18-12-5-3-4-6-15(12)22-16/h3-9H,1-2H3. The number of benzene rings is 2. The molecule has 2 aromatic heterocycles. The molecule has 0 N–H and O–H groups in total. The quantitative estimate of drug-likeness (QED) is 0.568. The highest BCUT2D eigenvalue weighted by molar-refractivity contribution is 7.86. The summed E-state index contributed by atoms with van der Waals surface area (Å²) in [5.74, 6) is 0.916. The lowest BCUT2D eigenvalue weighted by Crippen LogP contribution is -2.19. The topological polar surface area (TPSA) is 87.2 Å². The minimum Gasteiger partial charge on any atom is -0.436 e. The minimum atomic E-state index is -3.65. The molecule has 0 aliphatic carbocycles. The Morgan fingerprint density at radius 2 is 1.88 bits per heavy atom. The van der Waals surface area contributed by atoms with E-state index < -0.39 is 10.1 Å². The molecule has 0 amide bonds. The Morgan fingerprint density at radius 3 is 2.62 bits per heavy atom. The summed E-state index contributed by atoms with van der Waals surface area (Å²) >= 11 is 0. The zero-order valence-corrected chi connectivity index (χ0v) is 13.7. The predicted molar refractivity (Wildman–Crippen MR) is 88.9 cm³/mol. The summed E-state index contributed by atoms with van der Waals surface area (Å²) in [4.78, 5) is 8.79. The van der Waals surface area contributed by atoms with Crippen LogP contribution in [-0.2, 0) is 10.1 Å². The Kier molecular flexibility index (Phi) is 3.10. The third-order valence-corrected chi connectivity index (χ3v) is 3.94. The summed E-state index contributed by atoms with van der Waals surface area (Å²) in [5, 5.41) is 0. The maximum atomic E-state index is 11.4. The van der Waals surface area contributed by atoms with E-state index in [1.165, 1.54) is 4.73 Å². The third kappa shape index (κ3) is 2.50. The smallest absolute Gasteiger partial charge is 0.324 e. The van der Waals surface area contributed by atoms with Gasteiger partial charge in [0.05, 0.1) is 11.8 Å². The summed E-state index contributed by atoms with van der Waals surface area (Å²) in [5.41, 5.74) is 3.38. The van der Waals surface area contributed by atoms with Crippen molar-refractivity contribution < 1.29 is 17.1 Å². The summed E-state index contributed by atoms with van der Waals surface area (Å²) in [6.45, 7) is 1.67. The first kappa shape index (κ1) is 14.7. The van der Waals surface area contributed by atoms with Crippen LogP contribution in [0.15, 0.2) is 46.9 Å². The van der Waals surface area contributed by atoms with E-state index in [1.54, 1.807) is 25.1 Å². The number of rotatable bonds is 3. The molecule has 0 fully saturated rings. The largest absolute Gasteiger partial charge is 0.436 e. The third-order valence-electron chi connectivity index (χ3n) is 3.52. The molecule has 0 unspecified atom stereocenters. The van der Waals surface area contributed by atoms with Gasteiger partial charge in [0, 0.05) is 5.56 Å². The molecule has 0 saturated heterocycles. The van der Waals surface area contributed by atoms with Crippen LogP contribution < -0.4 is 4.28 Å². The van der Waals surface area contributed by atoms with Crippen molar-refractivity contribution in [2.24, 2.45) is 0 Å². The maximum Gasteiger partial charge on any atom is 0.324 e. The van der Waals surface area contributed by atoms with Gasteiger partial charge in [0.1, 0.15) is 16.9 Å². The normalized spacial score (nSPS) is 12.1. The van der Waals surface area contributed by atoms with Crippen molar-refractivity contribution in [1.82, 2.24) is 14.7 Å². The molecule has 24 heavy (non-hydrogen) atoms. The monoisotopic (exact) mass is 343 g/mol. The number of hydrogen-bond acceptors (Lipinski definition) is 6. The lowest BCUT2D eigenvalue weighted by atomic mass is 10.2. The zero-order chi connectivity index (χ0) is 16.9. The average Bonchev–Trinajstić information content (AvgIpc) is 3.07. The molecule has 0 spiro atoms. The van der Waals surface area contributed by atoms with Gasteiger partial charge in [0.25, 0.3) is 0 Å². The van der Waals surface area contributed by atoms with Crippen LogP contribution in [0.4, 0.5) is 0 Å². The van der Waals surface area contributed by atoms with Gasteiger partial charge in [-0.1, -0.05) is 12.1 Å². The number of nitrogens with zero attached hydrogens (tertiary/aromatic N) is 3. The lowest BCUT2D eigenvalue weighted by Gasteiger charge is -2.05. The summed E-state index contributed by atoms with van der Waals surface area (Å²) in [7, 11) is -3.65. The van der Waals surface area contributed by atoms with Crippen LogP contribution >= 0.6 is 0 Å². The number of imidazole rings is 1. The van der Waals surface area contributed by atoms with E-state index in [0.717, 1.165) is 17.3 Å². The van der Waals surface area contributed by atoms with Gasteiger partial charge >= 0.3 is 10.1 Å². The zero-order valence-electron chi connectivity index (χ0n) is 12.9. The first-order chi connectivity index (χ1) is 11.4. The van der Waals surface area contributed by atoms with Crippen LogP contribution in [0.2, 0.25) is 0 Å². The van der Waals surface area contributed by atoms with Gasteiger partial charge in [-0.15, -0.1) is 4.73 Å². The summed E-state index contributed by atoms with van der Waals surface area (Å²) in [6, 6.07) is 12.8. The molecular weight excluding hydrogens is 330 g/mol. The molecule has 0 aliphatic heterocycles. The van der Waals surface area contributed by atoms with Crippen LogP contribution in [0, 0.1) is 6.92 Å². The summed E-state index contributed by atoms with van der Waals surface area (Å²) < 4.78 is 34.7. The molecule has 2 aromatic carbocycles. The first-order valence-electron chi connectivity index (χ1n) is 7.16. The van der Waals surface area contributed by atoms with E-state index in [0.29, 0.717) is 28.3 Å². The van der Waals surface area contributed by atoms with E-state index in [2.05, 4.69) is 9.97 Å². The van der Waals surface area contributed by atoms with Crippen molar-refractivity contribution in [2.75, 3.05) is 6.26 Å². The molecular formula is C16H13N3O4S. The number of para-hydroxylation sites is 2. The molecule has 4 aromatic rings. The van der Waals surface area contributed by atoms with Gasteiger partial charge in [-0.05, 0) is 37.3 Å². The van der Waals surface area contributed by atoms with E-state index in [9.17, 15) is 8.42 Å².